The Balaban J connectivity index is 0.000000203. The van der Waals surface area contributed by atoms with Gasteiger partial charge in [0, 0.05) is 89.6 Å². The van der Waals surface area contributed by atoms with E-state index in [1.807, 2.05) is 38.1 Å². The molecule has 0 saturated carbocycles. The van der Waals surface area contributed by atoms with E-state index in [2.05, 4.69) is 123 Å². The molecule has 3 N–H and O–H groups in total. The summed E-state index contributed by atoms with van der Waals surface area (Å²) in [6, 6.07) is 36.1. The molecule has 85 heavy (non-hydrogen) atoms. The number of phenolic OH excluding ortho intramolecular Hbond substituents is 2. The SMILES string of the molecule is CCCCn1c(OC)c(N=Nc2cc([N+](=O)[O-])ccc2O)c(C)c(C#N)c1=O.CN1C(=Cc2oc3ccccc3[n+]2C)C(C)(Cc2ccccc2)c2ccccc21.[C-]#[N+]c1c(C)c(N=Nc2cc([N+](=O)[O-])ccc2O)c(O)n(CCCC)c1=O.[Co]. The van der Waals surface area contributed by atoms with Gasteiger partial charge in [0.1, 0.15) is 47.2 Å². The molecule has 1 aliphatic rings. The van der Waals surface area contributed by atoms with E-state index in [1.165, 1.54) is 48.0 Å². The van der Waals surface area contributed by atoms with Gasteiger partial charge in [-0.15, -0.1) is 20.5 Å². The van der Waals surface area contributed by atoms with Gasteiger partial charge in [-0.3, -0.25) is 39.0 Å². The van der Waals surface area contributed by atoms with Crippen molar-refractivity contribution in [3.8, 4) is 29.3 Å². The van der Waals surface area contributed by atoms with Crippen molar-refractivity contribution in [1.82, 2.24) is 9.13 Å². The summed E-state index contributed by atoms with van der Waals surface area (Å²) >= 11 is 0. The van der Waals surface area contributed by atoms with Crippen molar-refractivity contribution in [3.63, 3.8) is 0 Å². The first-order valence-electron chi connectivity index (χ1n) is 26.5. The number of nitriles is 1. The van der Waals surface area contributed by atoms with Crippen LogP contribution in [0.2, 0.25) is 0 Å². The number of likely N-dealkylation sites (N-methyl/N-ethyl adjacent to an activating group) is 1. The quantitative estimate of drug-likeness (QED) is 0.0267. The first-order valence-corrected chi connectivity index (χ1v) is 26.5. The maximum absolute atomic E-state index is 12.6. The van der Waals surface area contributed by atoms with Crippen molar-refractivity contribution in [2.75, 3.05) is 19.1 Å². The number of hydrogen-bond acceptors (Lipinski definition) is 17. The molecule has 1 unspecified atom stereocenters. The molecule has 0 bridgehead atoms. The molecule has 5 aromatic carbocycles. The van der Waals surface area contributed by atoms with E-state index in [-0.39, 0.29) is 103 Å². The van der Waals surface area contributed by atoms with Crippen LogP contribution < -0.4 is 25.3 Å². The van der Waals surface area contributed by atoms with Crippen LogP contribution in [0.15, 0.2) is 155 Å². The number of nitro groups is 2. The number of methoxy groups -OCH3 is 1. The molecular weight excluding hydrogens is 1140 g/mol. The molecule has 0 saturated heterocycles. The number of oxazole rings is 1. The molecule has 0 aliphatic carbocycles. The Morgan fingerprint density at radius 1 is 0.788 bits per heavy atom. The van der Waals surface area contributed by atoms with Crippen LogP contribution in [0.1, 0.15) is 80.2 Å². The van der Waals surface area contributed by atoms with Crippen LogP contribution in [-0.4, -0.2) is 48.5 Å². The number of rotatable bonds is 16. The minimum Gasteiger partial charge on any atom is -0.506 e. The number of aromatic hydroxyl groups is 3. The zero-order valence-corrected chi connectivity index (χ0v) is 48.8. The number of non-ortho nitro benzene ring substituents is 2. The maximum atomic E-state index is 12.6. The normalized spacial score (nSPS) is 13.8. The van der Waals surface area contributed by atoms with E-state index in [4.69, 9.17) is 15.7 Å². The molecule has 0 amide bonds. The first-order chi connectivity index (χ1) is 40.2. The van der Waals surface area contributed by atoms with Crippen LogP contribution in [-0.2, 0) is 48.8 Å². The smallest absolute Gasteiger partial charge is 0.375 e. The Morgan fingerprint density at radius 3 is 1.89 bits per heavy atom. The molecular formula is C61H61CoN12O11+. The molecule has 8 aromatic rings. The number of benzene rings is 5. The minimum atomic E-state index is -0.650. The maximum Gasteiger partial charge on any atom is 0.375 e. The summed E-state index contributed by atoms with van der Waals surface area (Å²) in [4.78, 5) is 51.0. The van der Waals surface area contributed by atoms with E-state index in [0.29, 0.717) is 19.4 Å². The topological polar surface area (TPSA) is 298 Å². The second-order valence-corrected chi connectivity index (χ2v) is 19.7. The number of fused-ring (bicyclic) bond motifs is 2. The van der Waals surface area contributed by atoms with Gasteiger partial charge in [0.2, 0.25) is 17.3 Å². The second kappa shape index (κ2) is 28.1. The summed E-state index contributed by atoms with van der Waals surface area (Å²) in [5.74, 6) is -0.104. The summed E-state index contributed by atoms with van der Waals surface area (Å²) in [6.45, 7) is 16.9. The summed E-state index contributed by atoms with van der Waals surface area (Å²) in [5.41, 5.74) is 5.25. The average Bonchev–Trinajstić information content (AvgIpc) is 3.92. The fourth-order valence-corrected chi connectivity index (χ4v) is 9.64. The van der Waals surface area contributed by atoms with Gasteiger partial charge in [-0.1, -0.05) is 87.4 Å². The predicted octanol–water partition coefficient (Wildman–Crippen LogP) is 13.4. The molecule has 0 spiro atoms. The van der Waals surface area contributed by atoms with Crippen LogP contribution >= 0.6 is 0 Å². The van der Waals surface area contributed by atoms with Crippen LogP contribution in [0.5, 0.6) is 23.3 Å². The van der Waals surface area contributed by atoms with Gasteiger partial charge < -0.3 is 29.4 Å². The van der Waals surface area contributed by atoms with E-state index in [0.717, 1.165) is 77.2 Å². The number of aromatic nitrogens is 3. The molecule has 0 fully saturated rings. The number of pyridine rings is 2. The number of allylic oxidation sites excluding steroid dienone is 1. The van der Waals surface area contributed by atoms with Crippen LogP contribution in [0.4, 0.5) is 45.5 Å². The number of nitrogens with zero attached hydrogens (tertiary/aromatic N) is 12. The van der Waals surface area contributed by atoms with Gasteiger partial charge >= 0.3 is 5.89 Å². The molecule has 23 nitrogen and oxygen atoms in total. The fourth-order valence-electron chi connectivity index (χ4n) is 9.64. The zero-order valence-electron chi connectivity index (χ0n) is 47.8. The third kappa shape index (κ3) is 13.6. The Bertz CT molecular complexity index is 4120. The number of ether oxygens (including phenoxy) is 1. The third-order valence-corrected chi connectivity index (χ3v) is 14.2. The minimum absolute atomic E-state index is 0. The number of phenols is 2. The van der Waals surface area contributed by atoms with Crippen LogP contribution in [0.25, 0.3) is 22.0 Å². The van der Waals surface area contributed by atoms with Crippen LogP contribution in [0.3, 0.4) is 0 Å². The van der Waals surface area contributed by atoms with E-state index in [1.54, 1.807) is 0 Å². The monoisotopic (exact) mass is 1200 g/mol. The number of nitro benzene ring substituents is 2. The van der Waals surface area contributed by atoms with Crippen molar-refractivity contribution in [2.24, 2.45) is 27.5 Å². The Hall–Kier alpha value is -10.3. The molecule has 9 rings (SSSR count). The summed E-state index contributed by atoms with van der Waals surface area (Å²) in [5, 5.41) is 76.8. The van der Waals surface area contributed by atoms with Crippen molar-refractivity contribution in [1.29, 1.82) is 5.26 Å². The van der Waals surface area contributed by atoms with Crippen molar-refractivity contribution in [2.45, 2.75) is 85.2 Å². The number of anilines is 1. The molecule has 1 radical (unpaired) electrons. The number of para-hydroxylation sites is 3. The van der Waals surface area contributed by atoms with Crippen molar-refractivity contribution in [3.05, 3.63) is 207 Å². The third-order valence-electron chi connectivity index (χ3n) is 14.2. The Kier molecular flexibility index (Phi) is 21.1. The van der Waals surface area contributed by atoms with Gasteiger partial charge in [-0.2, -0.15) is 9.83 Å². The summed E-state index contributed by atoms with van der Waals surface area (Å²) in [6.07, 6.45) is 6.03. The van der Waals surface area contributed by atoms with Crippen molar-refractivity contribution >= 4 is 62.7 Å². The van der Waals surface area contributed by atoms with Gasteiger partial charge in [-0.05, 0) is 81.0 Å². The van der Waals surface area contributed by atoms with E-state index in [9.17, 15) is 50.4 Å². The number of hydrogen-bond donors (Lipinski definition) is 3. The molecule has 1 aliphatic heterocycles. The molecule has 4 heterocycles. The van der Waals surface area contributed by atoms with Crippen LogP contribution in [0, 0.1) is 52.0 Å². The average molecular weight is 1200 g/mol. The van der Waals surface area contributed by atoms with E-state index >= 15 is 0 Å². The molecule has 24 heteroatoms. The van der Waals surface area contributed by atoms with Gasteiger partial charge in [0.25, 0.3) is 33.7 Å². The van der Waals surface area contributed by atoms with Gasteiger partial charge in [-0.25, -0.2) is 4.85 Å². The Labute approximate surface area is 498 Å². The number of unbranched alkanes of at least 4 members (excludes halogenated alkanes) is 2. The molecule has 1 atom stereocenters. The molecule has 3 aromatic heterocycles. The van der Waals surface area contributed by atoms with E-state index < -0.39 is 26.8 Å². The molecule has 439 valence electrons. The fraction of sp³-hybridized carbons (Fsp3) is 0.262. The Morgan fingerprint density at radius 2 is 1.34 bits per heavy atom. The number of aryl methyl sites for hydroxylation is 1. The first kappa shape index (κ1) is 63.9. The zero-order chi connectivity index (χ0) is 61.0. The van der Waals surface area contributed by atoms with Gasteiger partial charge in [0.05, 0.1) is 29.6 Å². The summed E-state index contributed by atoms with van der Waals surface area (Å²) < 4.78 is 16.0. The predicted molar refractivity (Wildman–Crippen MR) is 315 cm³/mol. The summed E-state index contributed by atoms with van der Waals surface area (Å²) in [7, 11) is 5.59. The van der Waals surface area contributed by atoms with Gasteiger partial charge in [0.15, 0.2) is 5.69 Å². The second-order valence-electron chi connectivity index (χ2n) is 19.7. The van der Waals surface area contributed by atoms with Crippen molar-refractivity contribution < 1.29 is 55.7 Å². The standard InChI is InChI=1S/C26H25N2O.C18H19N5O5.C17H17N5O5.Co/c1-26(18-19-11-5-4-6-12-19)20-13-7-8-14-21(20)27(2)24(26)17-25-28(3)22-15-9-10-16-23(22)29-25;1-4-5-8-22-17(25)13(10-19)11(2)16(18(22)28-3)21-20-14-9-12(23(26)27)6-7-15(14)24;1-4-5-8-21-16(24)14(18-3)10(2)15(17(21)25)20-19-12-9-11(22(26)27)6-7-13(12)23;/h4-17H,18H2,1-3H3;6-7,9,24H,4-5,8H2,1-3H3;6-7,9,23,25H,4-5,8H2,1-2H3;/q+1;;;. The number of azo groups is 2. The largest absolute Gasteiger partial charge is 0.506 e.